The highest BCUT2D eigenvalue weighted by molar-refractivity contribution is 5.67. The lowest BCUT2D eigenvalue weighted by atomic mass is 9.89. The van der Waals surface area contributed by atoms with E-state index in [4.69, 9.17) is 28.8 Å². The number of rotatable bonds is 17. The standard InChI is InChI=1S/C37H48N10O5/c1-26(20-45-25-39-24-42-45)52-35-16-27(4-5-28(35)17-38)29-18-40-37(41-19-29)43-34-21-46(44-36(34)51-13-3-12-49-15-14-48-2)30-6-8-31(9-7-30)47-32-10-11-33(47)23-50-22-32/h4-5,16,18-19,21,24-26,30-33H,3,6-15,20,22-23H2,1-2H3,(H,40,41,43)/t26-,30?,31?,32+,33?/m0/s1. The maximum atomic E-state index is 9.71. The van der Waals surface area contributed by atoms with Gasteiger partial charge >= 0.3 is 0 Å². The van der Waals surface area contributed by atoms with Gasteiger partial charge in [0.15, 0.2) is 0 Å². The highest BCUT2D eigenvalue weighted by Crippen LogP contribution is 2.39. The number of nitriles is 1. The predicted octanol–water partition coefficient (Wildman–Crippen LogP) is 4.79. The number of morpholine rings is 1. The lowest BCUT2D eigenvalue weighted by molar-refractivity contribution is -0.0458. The largest absolute Gasteiger partial charge is 0.487 e. The molecule has 276 valence electrons. The average molecular weight is 713 g/mol. The van der Waals surface area contributed by atoms with E-state index in [0.717, 1.165) is 62.1 Å². The summed E-state index contributed by atoms with van der Waals surface area (Å²) in [5.74, 6) is 1.43. The Morgan fingerprint density at radius 1 is 0.962 bits per heavy atom. The number of fused-ring (bicyclic) bond motifs is 2. The van der Waals surface area contributed by atoms with E-state index in [1.165, 1.54) is 19.2 Å². The monoisotopic (exact) mass is 712 g/mol. The van der Waals surface area contributed by atoms with Crippen molar-refractivity contribution in [3.8, 4) is 28.8 Å². The molecule has 1 N–H and O–H groups in total. The number of benzene rings is 1. The topological polar surface area (TPSA) is 160 Å². The first-order chi connectivity index (χ1) is 25.6. The zero-order valence-corrected chi connectivity index (χ0v) is 30.0. The summed E-state index contributed by atoms with van der Waals surface area (Å²) in [5, 5.41) is 22.1. The van der Waals surface area contributed by atoms with Crippen LogP contribution < -0.4 is 14.8 Å². The lowest BCUT2D eigenvalue weighted by Crippen LogP contribution is -2.52. The van der Waals surface area contributed by atoms with Crippen molar-refractivity contribution in [2.45, 2.75) is 88.7 Å². The highest BCUT2D eigenvalue weighted by atomic mass is 16.5. The van der Waals surface area contributed by atoms with Gasteiger partial charge in [-0.25, -0.2) is 19.6 Å². The van der Waals surface area contributed by atoms with Crippen LogP contribution in [0.5, 0.6) is 11.6 Å². The Labute approximate surface area is 304 Å². The highest BCUT2D eigenvalue weighted by Gasteiger charge is 2.42. The van der Waals surface area contributed by atoms with Crippen LogP contribution in [0.2, 0.25) is 0 Å². The molecule has 15 nitrogen and oxygen atoms in total. The van der Waals surface area contributed by atoms with Crippen LogP contribution in [-0.4, -0.2) is 110 Å². The minimum Gasteiger partial charge on any atom is -0.487 e. The SMILES string of the molecule is COCCOCCCOc1nn(C2CCC(N3C4CC[C@@H]3COC4)CC2)cc1Nc1ncc(-c2ccc(C#N)c(O[C@@H](C)Cn3cncn3)c2)cn1. The number of methoxy groups -OCH3 is 1. The molecular formula is C37H48N10O5. The van der Waals surface area contributed by atoms with E-state index in [9.17, 15) is 5.26 Å². The van der Waals surface area contributed by atoms with Gasteiger partial charge in [0.1, 0.15) is 36.3 Å². The maximum Gasteiger partial charge on any atom is 0.256 e. The van der Waals surface area contributed by atoms with Crippen LogP contribution in [0.15, 0.2) is 49.4 Å². The fourth-order valence-electron chi connectivity index (χ4n) is 7.60. The van der Waals surface area contributed by atoms with Gasteiger partial charge in [-0.05, 0) is 63.1 Å². The molecule has 3 atom stereocenters. The van der Waals surface area contributed by atoms with Crippen LogP contribution in [-0.2, 0) is 20.8 Å². The molecule has 1 aliphatic carbocycles. The van der Waals surface area contributed by atoms with Gasteiger partial charge in [0.2, 0.25) is 5.95 Å². The first-order valence-corrected chi connectivity index (χ1v) is 18.3. The van der Waals surface area contributed by atoms with Gasteiger partial charge in [-0.1, -0.05) is 6.07 Å². The predicted molar refractivity (Wildman–Crippen MR) is 191 cm³/mol. The number of aromatic nitrogens is 7. The smallest absolute Gasteiger partial charge is 0.256 e. The second-order valence-electron chi connectivity index (χ2n) is 13.8. The van der Waals surface area contributed by atoms with Crippen molar-refractivity contribution in [2.75, 3.05) is 52.1 Å². The van der Waals surface area contributed by atoms with Crippen molar-refractivity contribution in [2.24, 2.45) is 0 Å². The molecule has 3 fully saturated rings. The molecule has 4 aromatic rings. The zero-order chi connectivity index (χ0) is 35.7. The third-order valence-corrected chi connectivity index (χ3v) is 10.1. The van der Waals surface area contributed by atoms with E-state index >= 15 is 0 Å². The molecule has 2 bridgehead atoms. The molecule has 2 aliphatic heterocycles. The Hall–Kier alpha value is -4.62. The number of anilines is 2. The van der Waals surface area contributed by atoms with Crippen molar-refractivity contribution in [1.29, 1.82) is 5.26 Å². The third-order valence-electron chi connectivity index (χ3n) is 10.1. The van der Waals surface area contributed by atoms with Crippen molar-refractivity contribution in [3.63, 3.8) is 0 Å². The number of hydrogen-bond donors (Lipinski definition) is 1. The molecule has 5 heterocycles. The summed E-state index contributed by atoms with van der Waals surface area (Å²) in [4.78, 5) is 16.0. The molecule has 1 saturated carbocycles. The number of nitrogens with one attached hydrogen (secondary N) is 1. The van der Waals surface area contributed by atoms with Crippen LogP contribution in [0, 0.1) is 11.3 Å². The van der Waals surface area contributed by atoms with Crippen molar-refractivity contribution >= 4 is 11.6 Å². The number of hydrogen-bond acceptors (Lipinski definition) is 13. The van der Waals surface area contributed by atoms with Crippen molar-refractivity contribution in [3.05, 3.63) is 55.0 Å². The van der Waals surface area contributed by atoms with Gasteiger partial charge in [0.25, 0.3) is 5.88 Å². The summed E-state index contributed by atoms with van der Waals surface area (Å²) in [5.41, 5.74) is 2.78. The molecule has 0 spiro atoms. The molecule has 7 rings (SSSR count). The summed E-state index contributed by atoms with van der Waals surface area (Å²) in [7, 11) is 1.66. The summed E-state index contributed by atoms with van der Waals surface area (Å²) in [6, 6.07) is 9.75. The first-order valence-electron chi connectivity index (χ1n) is 18.3. The minimum atomic E-state index is -0.234. The summed E-state index contributed by atoms with van der Waals surface area (Å²) >= 11 is 0. The second kappa shape index (κ2) is 17.3. The quantitative estimate of drug-likeness (QED) is 0.149. The molecule has 1 aromatic carbocycles. The third kappa shape index (κ3) is 8.70. The zero-order valence-electron chi connectivity index (χ0n) is 30.0. The molecule has 52 heavy (non-hydrogen) atoms. The van der Waals surface area contributed by atoms with Crippen molar-refractivity contribution in [1.82, 2.24) is 39.4 Å². The molecular weight excluding hydrogens is 664 g/mol. The normalized spacial score (nSPS) is 22.2. The Bertz CT molecular complexity index is 1740. The lowest BCUT2D eigenvalue weighted by Gasteiger charge is -2.43. The Balaban J connectivity index is 1.01. The summed E-state index contributed by atoms with van der Waals surface area (Å²) in [6.07, 6.45) is 16.1. The van der Waals surface area contributed by atoms with Crippen LogP contribution in [0.4, 0.5) is 11.6 Å². The molecule has 0 radical (unpaired) electrons. The van der Waals surface area contributed by atoms with Crippen molar-refractivity contribution < 1.29 is 23.7 Å². The molecule has 15 heteroatoms. The fraction of sp³-hybridized carbons (Fsp3) is 0.568. The Morgan fingerprint density at radius 3 is 2.46 bits per heavy atom. The molecule has 0 amide bonds. The maximum absolute atomic E-state index is 9.71. The molecule has 3 aromatic heterocycles. The second-order valence-corrected chi connectivity index (χ2v) is 13.8. The van der Waals surface area contributed by atoms with Crippen LogP contribution in [0.25, 0.3) is 11.1 Å². The Kier molecular flexibility index (Phi) is 11.9. The van der Waals surface area contributed by atoms with E-state index in [1.54, 1.807) is 36.6 Å². The molecule has 1 unspecified atom stereocenters. The van der Waals surface area contributed by atoms with Crippen LogP contribution in [0.1, 0.15) is 63.5 Å². The average Bonchev–Trinajstić information content (AvgIpc) is 3.89. The van der Waals surface area contributed by atoms with E-state index in [2.05, 4.69) is 41.0 Å². The molecule has 2 saturated heterocycles. The van der Waals surface area contributed by atoms with Gasteiger partial charge in [-0.2, -0.15) is 10.4 Å². The first kappa shape index (κ1) is 35.8. The Morgan fingerprint density at radius 2 is 1.73 bits per heavy atom. The van der Waals surface area contributed by atoms with Gasteiger partial charge in [-0.3, -0.25) is 9.58 Å². The summed E-state index contributed by atoms with van der Waals surface area (Å²) in [6.45, 7) is 6.34. The van der Waals surface area contributed by atoms with E-state index in [0.29, 0.717) is 80.3 Å². The van der Waals surface area contributed by atoms with Gasteiger partial charge in [0.05, 0.1) is 57.4 Å². The van der Waals surface area contributed by atoms with Gasteiger partial charge < -0.3 is 29.0 Å². The summed E-state index contributed by atoms with van der Waals surface area (Å²) < 4.78 is 32.6. The fourth-order valence-corrected chi connectivity index (χ4v) is 7.60. The van der Waals surface area contributed by atoms with Gasteiger partial charge in [0, 0.05) is 56.2 Å². The number of nitrogens with zero attached hydrogens (tertiary/aromatic N) is 9. The minimum absolute atomic E-state index is 0.234. The van der Waals surface area contributed by atoms with Gasteiger partial charge in [-0.15, -0.1) is 5.10 Å². The van der Waals surface area contributed by atoms with E-state index in [-0.39, 0.29) is 6.10 Å². The molecule has 3 aliphatic rings. The van der Waals surface area contributed by atoms with Crippen LogP contribution >= 0.6 is 0 Å². The van der Waals surface area contributed by atoms with E-state index < -0.39 is 0 Å². The number of ether oxygens (including phenoxy) is 5. The van der Waals surface area contributed by atoms with Crippen LogP contribution in [0.3, 0.4) is 0 Å². The van der Waals surface area contributed by atoms with E-state index in [1.807, 2.05) is 25.3 Å².